The van der Waals surface area contributed by atoms with E-state index in [-0.39, 0.29) is 12.5 Å². The van der Waals surface area contributed by atoms with Crippen LogP contribution in [0.4, 0.5) is 11.4 Å². The fraction of sp³-hybridized carbons (Fsp3) is 0.238. The Morgan fingerprint density at radius 3 is 3.04 bits per heavy atom. The molecule has 27 heavy (non-hydrogen) atoms. The molecule has 1 aromatic heterocycles. The van der Waals surface area contributed by atoms with Crippen LogP contribution < -0.4 is 15.0 Å². The minimum atomic E-state index is -0.213. The Balaban J connectivity index is 1.45. The smallest absolute Gasteiger partial charge is 0.262 e. The molecule has 0 fully saturated rings. The maximum absolute atomic E-state index is 12.3. The van der Waals surface area contributed by atoms with Crippen LogP contribution in [-0.2, 0) is 11.2 Å². The quantitative estimate of drug-likeness (QED) is 0.716. The van der Waals surface area contributed by atoms with E-state index in [0.29, 0.717) is 16.3 Å². The second-order valence-corrected chi connectivity index (χ2v) is 6.86. The molecule has 0 saturated carbocycles. The highest BCUT2D eigenvalue weighted by molar-refractivity contribution is 6.35. The van der Waals surface area contributed by atoms with Crippen molar-refractivity contribution >= 4 is 39.8 Å². The number of carbonyl (C=O) groups excluding carboxylic acids is 1. The van der Waals surface area contributed by atoms with Gasteiger partial charge in [-0.05, 0) is 55.3 Å². The third-order valence-electron chi connectivity index (χ3n) is 4.78. The summed E-state index contributed by atoms with van der Waals surface area (Å²) in [6, 6.07) is 13.2. The van der Waals surface area contributed by atoms with E-state index < -0.39 is 0 Å². The van der Waals surface area contributed by atoms with Gasteiger partial charge in [0.05, 0.1) is 5.02 Å². The van der Waals surface area contributed by atoms with Gasteiger partial charge in [-0.2, -0.15) is 0 Å². The molecule has 0 atom stereocenters. The highest BCUT2D eigenvalue weighted by atomic mass is 35.5. The SMILES string of the molecule is CCN1CCc2ccc(NC(=O)COc3ccc(Cl)c4cccnc34)cc21. The largest absolute Gasteiger partial charge is 0.481 e. The van der Waals surface area contributed by atoms with Crippen molar-refractivity contribution in [2.75, 3.05) is 29.9 Å². The van der Waals surface area contributed by atoms with Crippen LogP contribution in [0.25, 0.3) is 10.9 Å². The molecule has 1 aliphatic heterocycles. The van der Waals surface area contributed by atoms with Crippen molar-refractivity contribution in [2.45, 2.75) is 13.3 Å². The molecule has 4 rings (SSSR count). The predicted octanol–water partition coefficient (Wildman–Crippen LogP) is 4.29. The van der Waals surface area contributed by atoms with Crippen molar-refractivity contribution in [1.82, 2.24) is 4.98 Å². The first-order chi connectivity index (χ1) is 13.2. The van der Waals surface area contributed by atoms with Gasteiger partial charge < -0.3 is 15.0 Å². The molecular formula is C21H20ClN3O2. The first-order valence-corrected chi connectivity index (χ1v) is 9.37. The second-order valence-electron chi connectivity index (χ2n) is 6.46. The van der Waals surface area contributed by atoms with Crippen molar-refractivity contribution in [3.63, 3.8) is 0 Å². The summed E-state index contributed by atoms with van der Waals surface area (Å²) in [5.74, 6) is 0.325. The molecule has 5 nitrogen and oxygen atoms in total. The van der Waals surface area contributed by atoms with Gasteiger partial charge in [0.15, 0.2) is 6.61 Å². The lowest BCUT2D eigenvalue weighted by molar-refractivity contribution is -0.118. The average Bonchev–Trinajstić information content (AvgIpc) is 3.10. The number of anilines is 2. The fourth-order valence-corrected chi connectivity index (χ4v) is 3.64. The molecule has 0 radical (unpaired) electrons. The van der Waals surface area contributed by atoms with Crippen LogP contribution in [0.3, 0.4) is 0 Å². The summed E-state index contributed by atoms with van der Waals surface area (Å²) in [6.45, 7) is 4.04. The number of aromatic nitrogens is 1. The summed E-state index contributed by atoms with van der Waals surface area (Å²) in [7, 11) is 0. The standard InChI is InChI=1S/C21H20ClN3O2/c1-2-25-11-9-14-5-6-15(12-18(14)25)24-20(26)13-27-19-8-7-17(22)16-4-3-10-23-21(16)19/h3-8,10,12H,2,9,11,13H2,1H3,(H,24,26). The monoisotopic (exact) mass is 381 g/mol. The molecule has 0 bridgehead atoms. The normalized spacial score (nSPS) is 12.9. The Labute approximate surface area is 162 Å². The molecule has 0 saturated heterocycles. The van der Waals surface area contributed by atoms with Gasteiger partial charge >= 0.3 is 0 Å². The second kappa shape index (κ2) is 7.45. The zero-order valence-electron chi connectivity index (χ0n) is 15.0. The van der Waals surface area contributed by atoms with E-state index in [2.05, 4.69) is 28.2 Å². The predicted molar refractivity (Wildman–Crippen MR) is 109 cm³/mol. The number of nitrogens with zero attached hydrogens (tertiary/aromatic N) is 2. The molecule has 2 aromatic carbocycles. The van der Waals surface area contributed by atoms with Crippen LogP contribution in [-0.4, -0.2) is 30.6 Å². The Bertz CT molecular complexity index is 1010. The molecule has 0 aliphatic carbocycles. The number of pyridine rings is 1. The minimum Gasteiger partial charge on any atom is -0.481 e. The van der Waals surface area contributed by atoms with Crippen LogP contribution in [0, 0.1) is 0 Å². The van der Waals surface area contributed by atoms with Gasteiger partial charge in [-0.15, -0.1) is 0 Å². The zero-order valence-corrected chi connectivity index (χ0v) is 15.8. The molecule has 0 unspecified atom stereocenters. The first kappa shape index (κ1) is 17.6. The number of likely N-dealkylation sites (N-methyl/N-ethyl adjacent to an activating group) is 1. The number of rotatable bonds is 5. The van der Waals surface area contributed by atoms with Crippen molar-refractivity contribution in [3.05, 3.63) is 59.2 Å². The van der Waals surface area contributed by atoms with Crippen LogP contribution in [0.2, 0.25) is 5.02 Å². The summed E-state index contributed by atoms with van der Waals surface area (Å²) >= 11 is 6.19. The van der Waals surface area contributed by atoms with Crippen molar-refractivity contribution in [1.29, 1.82) is 0 Å². The van der Waals surface area contributed by atoms with E-state index in [1.165, 1.54) is 11.3 Å². The molecule has 1 N–H and O–H groups in total. The van der Waals surface area contributed by atoms with E-state index in [0.717, 1.165) is 30.6 Å². The summed E-state index contributed by atoms with van der Waals surface area (Å²) < 4.78 is 5.70. The van der Waals surface area contributed by atoms with Gasteiger partial charge in [0, 0.05) is 36.0 Å². The molecule has 1 aliphatic rings. The third kappa shape index (κ3) is 3.55. The summed E-state index contributed by atoms with van der Waals surface area (Å²) in [5, 5.41) is 4.32. The third-order valence-corrected chi connectivity index (χ3v) is 5.11. The maximum Gasteiger partial charge on any atom is 0.262 e. The van der Waals surface area contributed by atoms with Crippen molar-refractivity contribution in [3.8, 4) is 5.75 Å². The molecule has 2 heterocycles. The number of fused-ring (bicyclic) bond motifs is 2. The lowest BCUT2D eigenvalue weighted by Crippen LogP contribution is -2.21. The molecule has 6 heteroatoms. The average molecular weight is 382 g/mol. The maximum atomic E-state index is 12.3. The van der Waals surface area contributed by atoms with E-state index in [1.807, 2.05) is 24.3 Å². The van der Waals surface area contributed by atoms with Crippen LogP contribution in [0.15, 0.2) is 48.7 Å². The number of carbonyl (C=O) groups is 1. The Hall–Kier alpha value is -2.79. The summed E-state index contributed by atoms with van der Waals surface area (Å²) in [5.41, 5.74) is 3.95. The number of ether oxygens (including phenoxy) is 1. The molecule has 0 spiro atoms. The Morgan fingerprint density at radius 2 is 2.19 bits per heavy atom. The number of hydrogen-bond donors (Lipinski definition) is 1. The number of benzene rings is 2. The van der Waals surface area contributed by atoms with Gasteiger partial charge in [-0.25, -0.2) is 0 Å². The van der Waals surface area contributed by atoms with Crippen molar-refractivity contribution in [2.24, 2.45) is 0 Å². The van der Waals surface area contributed by atoms with E-state index in [1.54, 1.807) is 18.3 Å². The van der Waals surface area contributed by atoms with Crippen molar-refractivity contribution < 1.29 is 9.53 Å². The summed E-state index contributed by atoms with van der Waals surface area (Å²) in [4.78, 5) is 19.0. The lowest BCUT2D eigenvalue weighted by Gasteiger charge is -2.17. The van der Waals surface area contributed by atoms with Crippen LogP contribution in [0.1, 0.15) is 12.5 Å². The zero-order chi connectivity index (χ0) is 18.8. The van der Waals surface area contributed by atoms with Gasteiger partial charge in [-0.3, -0.25) is 9.78 Å². The molecule has 138 valence electrons. The fourth-order valence-electron chi connectivity index (χ4n) is 3.42. The van der Waals surface area contributed by atoms with Gasteiger partial charge in [0.2, 0.25) is 0 Å². The van der Waals surface area contributed by atoms with E-state index in [4.69, 9.17) is 16.3 Å². The first-order valence-electron chi connectivity index (χ1n) is 8.99. The van der Waals surface area contributed by atoms with Crippen LogP contribution >= 0.6 is 11.6 Å². The molecule has 1 amide bonds. The topological polar surface area (TPSA) is 54.5 Å². The van der Waals surface area contributed by atoms with Gasteiger partial charge in [0.1, 0.15) is 11.3 Å². The molecular weight excluding hydrogens is 362 g/mol. The van der Waals surface area contributed by atoms with Gasteiger partial charge in [0.25, 0.3) is 5.91 Å². The molecule has 3 aromatic rings. The van der Waals surface area contributed by atoms with E-state index >= 15 is 0 Å². The lowest BCUT2D eigenvalue weighted by atomic mass is 10.1. The Kier molecular flexibility index (Phi) is 4.86. The van der Waals surface area contributed by atoms with E-state index in [9.17, 15) is 4.79 Å². The highest BCUT2D eigenvalue weighted by Crippen LogP contribution is 2.31. The minimum absolute atomic E-state index is 0.0954. The highest BCUT2D eigenvalue weighted by Gasteiger charge is 2.18. The Morgan fingerprint density at radius 1 is 1.30 bits per heavy atom. The number of halogens is 1. The number of nitrogens with one attached hydrogen (secondary N) is 1. The number of amides is 1. The van der Waals surface area contributed by atoms with Gasteiger partial charge in [-0.1, -0.05) is 17.7 Å². The summed E-state index contributed by atoms with van der Waals surface area (Å²) in [6.07, 6.45) is 2.73. The van der Waals surface area contributed by atoms with Crippen LogP contribution in [0.5, 0.6) is 5.75 Å². The number of hydrogen-bond acceptors (Lipinski definition) is 4.